The Morgan fingerprint density at radius 1 is 1.14 bits per heavy atom. The van der Waals surface area contributed by atoms with Gasteiger partial charge < -0.3 is 14.6 Å². The fraction of sp³-hybridized carbons (Fsp3) is 0.471. The van der Waals surface area contributed by atoms with Gasteiger partial charge in [-0.1, -0.05) is 32.4 Å². The summed E-state index contributed by atoms with van der Waals surface area (Å²) < 4.78 is 11.4. The highest BCUT2D eigenvalue weighted by Gasteiger charge is 2.14. The molecule has 1 aromatic carbocycles. The van der Waals surface area contributed by atoms with Gasteiger partial charge in [-0.3, -0.25) is 0 Å². The number of hydrogen-bond donors (Lipinski definition) is 1. The lowest BCUT2D eigenvalue weighted by Gasteiger charge is -2.16. The molecule has 122 valence electrons. The van der Waals surface area contributed by atoms with Crippen molar-refractivity contribution in [1.82, 2.24) is 0 Å². The van der Waals surface area contributed by atoms with E-state index in [1.165, 1.54) is 6.08 Å². The van der Waals surface area contributed by atoms with Crippen molar-refractivity contribution in [1.29, 1.82) is 0 Å². The zero-order valence-corrected chi connectivity index (χ0v) is 14.1. The maximum atomic E-state index is 11.0. The van der Waals surface area contributed by atoms with E-state index in [0.29, 0.717) is 47.3 Å². The molecule has 1 aromatic rings. The standard InChI is InChI=1S/C17H23ClO4/c1-4-7-21-15-11-16(22-8-5-2)14(18)10-13(15)12(6-3)9-17(19)20/h9-11H,4-8H2,1-3H3,(H,19,20)/b12-9+. The lowest BCUT2D eigenvalue weighted by atomic mass is 10.0. The van der Waals surface area contributed by atoms with Gasteiger partial charge in [-0.2, -0.15) is 0 Å². The second-order valence-electron chi connectivity index (χ2n) is 4.84. The molecular formula is C17H23ClO4. The Labute approximate surface area is 136 Å². The number of benzene rings is 1. The highest BCUT2D eigenvalue weighted by atomic mass is 35.5. The van der Waals surface area contributed by atoms with Crippen LogP contribution < -0.4 is 9.47 Å². The number of ether oxygens (including phenoxy) is 2. The van der Waals surface area contributed by atoms with Crippen molar-refractivity contribution in [2.45, 2.75) is 40.0 Å². The number of rotatable bonds is 9. The van der Waals surface area contributed by atoms with E-state index in [4.69, 9.17) is 26.2 Å². The molecule has 0 fully saturated rings. The minimum atomic E-state index is -0.985. The molecule has 0 atom stereocenters. The lowest BCUT2D eigenvalue weighted by Crippen LogP contribution is -2.02. The van der Waals surface area contributed by atoms with Gasteiger partial charge in [-0.05, 0) is 30.9 Å². The summed E-state index contributed by atoms with van der Waals surface area (Å²) in [6.45, 7) is 7.04. The molecule has 0 aliphatic heterocycles. The van der Waals surface area contributed by atoms with Crippen LogP contribution in [0, 0.1) is 0 Å². The first-order chi connectivity index (χ1) is 10.5. The highest BCUT2D eigenvalue weighted by molar-refractivity contribution is 6.32. The van der Waals surface area contributed by atoms with Crippen molar-refractivity contribution in [3.05, 3.63) is 28.8 Å². The summed E-state index contributed by atoms with van der Waals surface area (Å²) in [7, 11) is 0. The van der Waals surface area contributed by atoms with Crippen LogP contribution in [-0.2, 0) is 4.79 Å². The fourth-order valence-electron chi connectivity index (χ4n) is 1.96. The molecular weight excluding hydrogens is 304 g/mol. The summed E-state index contributed by atoms with van der Waals surface area (Å²) in [6, 6.07) is 3.46. The monoisotopic (exact) mass is 326 g/mol. The zero-order chi connectivity index (χ0) is 16.5. The SMILES string of the molecule is CCCOc1cc(OCCC)c(/C(=C/C(=O)O)CC)cc1Cl. The summed E-state index contributed by atoms with van der Waals surface area (Å²) in [4.78, 5) is 11.0. The van der Waals surface area contributed by atoms with Crippen LogP contribution in [0.25, 0.3) is 5.57 Å². The van der Waals surface area contributed by atoms with Gasteiger partial charge >= 0.3 is 5.97 Å². The van der Waals surface area contributed by atoms with Crippen LogP contribution in [0.15, 0.2) is 18.2 Å². The van der Waals surface area contributed by atoms with E-state index in [0.717, 1.165) is 12.8 Å². The third-order valence-electron chi connectivity index (χ3n) is 2.98. The van der Waals surface area contributed by atoms with Crippen LogP contribution >= 0.6 is 11.6 Å². The topological polar surface area (TPSA) is 55.8 Å². The van der Waals surface area contributed by atoms with Crippen LogP contribution in [0.5, 0.6) is 11.5 Å². The molecule has 0 aliphatic rings. The maximum Gasteiger partial charge on any atom is 0.328 e. The molecule has 0 amide bonds. The molecule has 0 unspecified atom stereocenters. The van der Waals surface area contributed by atoms with Gasteiger partial charge in [0, 0.05) is 17.7 Å². The van der Waals surface area contributed by atoms with Gasteiger partial charge in [-0.25, -0.2) is 4.79 Å². The zero-order valence-electron chi connectivity index (χ0n) is 13.3. The molecule has 1 N–H and O–H groups in total. The number of allylic oxidation sites excluding steroid dienone is 1. The molecule has 0 spiro atoms. The second-order valence-corrected chi connectivity index (χ2v) is 5.24. The first-order valence-electron chi connectivity index (χ1n) is 7.56. The maximum absolute atomic E-state index is 11.0. The predicted molar refractivity (Wildman–Crippen MR) is 88.9 cm³/mol. The lowest BCUT2D eigenvalue weighted by molar-refractivity contribution is -0.131. The minimum absolute atomic E-state index is 0.456. The van der Waals surface area contributed by atoms with Gasteiger partial charge in [-0.15, -0.1) is 0 Å². The number of carboxylic acid groups (broad SMARTS) is 1. The minimum Gasteiger partial charge on any atom is -0.493 e. The first-order valence-corrected chi connectivity index (χ1v) is 7.94. The Hall–Kier alpha value is -1.68. The Morgan fingerprint density at radius 3 is 2.23 bits per heavy atom. The highest BCUT2D eigenvalue weighted by Crippen LogP contribution is 2.37. The van der Waals surface area contributed by atoms with Crippen LogP contribution in [0.4, 0.5) is 0 Å². The number of halogens is 1. The molecule has 1 rings (SSSR count). The molecule has 0 saturated heterocycles. The normalized spacial score (nSPS) is 11.4. The number of carboxylic acids is 1. The van der Waals surface area contributed by atoms with Gasteiger partial charge in [0.25, 0.3) is 0 Å². The van der Waals surface area contributed by atoms with Crippen molar-refractivity contribution in [3.8, 4) is 11.5 Å². The molecule has 0 bridgehead atoms. The van der Waals surface area contributed by atoms with Gasteiger partial charge in [0.2, 0.25) is 0 Å². The Bertz CT molecular complexity index is 538. The fourth-order valence-corrected chi connectivity index (χ4v) is 2.18. The predicted octanol–water partition coefficient (Wildman–Crippen LogP) is 4.80. The van der Waals surface area contributed by atoms with Gasteiger partial charge in [0.1, 0.15) is 11.5 Å². The summed E-state index contributed by atoms with van der Waals surface area (Å²) in [5.74, 6) is 0.177. The molecule has 0 aliphatic carbocycles. The Morgan fingerprint density at radius 2 is 1.73 bits per heavy atom. The van der Waals surface area contributed by atoms with Crippen molar-refractivity contribution < 1.29 is 19.4 Å². The number of carbonyl (C=O) groups is 1. The van der Waals surface area contributed by atoms with E-state index < -0.39 is 5.97 Å². The summed E-state index contributed by atoms with van der Waals surface area (Å²) >= 11 is 6.25. The number of aliphatic carboxylic acids is 1. The van der Waals surface area contributed by atoms with E-state index in [1.54, 1.807) is 12.1 Å². The molecule has 4 nitrogen and oxygen atoms in total. The van der Waals surface area contributed by atoms with Crippen molar-refractivity contribution in [2.75, 3.05) is 13.2 Å². The smallest absolute Gasteiger partial charge is 0.328 e. The average Bonchev–Trinajstić information content (AvgIpc) is 2.49. The van der Waals surface area contributed by atoms with Crippen LogP contribution in [-0.4, -0.2) is 24.3 Å². The van der Waals surface area contributed by atoms with E-state index in [2.05, 4.69) is 0 Å². The van der Waals surface area contributed by atoms with Gasteiger partial charge in [0.05, 0.1) is 18.2 Å². The molecule has 0 aromatic heterocycles. The van der Waals surface area contributed by atoms with E-state index in [1.807, 2.05) is 20.8 Å². The van der Waals surface area contributed by atoms with E-state index >= 15 is 0 Å². The Kier molecular flexibility index (Phi) is 7.82. The third kappa shape index (κ3) is 5.26. The molecule has 22 heavy (non-hydrogen) atoms. The molecule has 5 heteroatoms. The quantitative estimate of drug-likeness (QED) is 0.662. The second kappa shape index (κ2) is 9.36. The van der Waals surface area contributed by atoms with E-state index in [-0.39, 0.29) is 0 Å². The number of hydrogen-bond acceptors (Lipinski definition) is 3. The van der Waals surface area contributed by atoms with Crippen molar-refractivity contribution in [3.63, 3.8) is 0 Å². The van der Waals surface area contributed by atoms with Crippen LogP contribution in [0.2, 0.25) is 5.02 Å². The molecule has 0 saturated carbocycles. The van der Waals surface area contributed by atoms with E-state index in [9.17, 15) is 4.79 Å². The summed E-state index contributed by atoms with van der Waals surface area (Å²) in [6.07, 6.45) is 3.50. The summed E-state index contributed by atoms with van der Waals surface area (Å²) in [5, 5.41) is 9.46. The molecule has 0 radical (unpaired) electrons. The average molecular weight is 327 g/mol. The largest absolute Gasteiger partial charge is 0.493 e. The summed E-state index contributed by atoms with van der Waals surface area (Å²) in [5.41, 5.74) is 1.37. The third-order valence-corrected chi connectivity index (χ3v) is 3.28. The van der Waals surface area contributed by atoms with Crippen molar-refractivity contribution in [2.24, 2.45) is 0 Å². The van der Waals surface area contributed by atoms with Crippen LogP contribution in [0.1, 0.15) is 45.6 Å². The Balaban J connectivity index is 3.28. The first kappa shape index (κ1) is 18.4. The van der Waals surface area contributed by atoms with Gasteiger partial charge in [0.15, 0.2) is 0 Å². The molecule has 0 heterocycles. The van der Waals surface area contributed by atoms with Crippen LogP contribution in [0.3, 0.4) is 0 Å². The van der Waals surface area contributed by atoms with Crippen molar-refractivity contribution >= 4 is 23.1 Å².